The summed E-state index contributed by atoms with van der Waals surface area (Å²) in [5, 5.41) is 0.713. The third kappa shape index (κ3) is 2.00. The van der Waals surface area contributed by atoms with Gasteiger partial charge in [0.25, 0.3) is 0 Å². The zero-order valence-corrected chi connectivity index (χ0v) is 11.2. The first-order valence-corrected chi connectivity index (χ1v) is 6.75. The predicted molar refractivity (Wildman–Crippen MR) is 73.6 cm³/mol. The lowest BCUT2D eigenvalue weighted by atomic mass is 9.94. The molecule has 18 heavy (non-hydrogen) atoms. The van der Waals surface area contributed by atoms with E-state index in [4.69, 9.17) is 11.6 Å². The Kier molecular flexibility index (Phi) is 3.00. The molecule has 0 amide bonds. The fraction of sp³-hybridized carbons (Fsp3) is 0.400. The van der Waals surface area contributed by atoms with Crippen molar-refractivity contribution in [2.24, 2.45) is 0 Å². The van der Waals surface area contributed by atoms with E-state index in [9.17, 15) is 4.79 Å². The third-order valence-electron chi connectivity index (χ3n) is 4.11. The van der Waals surface area contributed by atoms with Crippen LogP contribution >= 0.6 is 11.6 Å². The molecule has 3 heteroatoms. The number of halogens is 1. The van der Waals surface area contributed by atoms with Gasteiger partial charge in [-0.15, -0.1) is 0 Å². The van der Waals surface area contributed by atoms with E-state index in [1.54, 1.807) is 0 Å². The summed E-state index contributed by atoms with van der Waals surface area (Å²) in [6.45, 7) is 0. The molecule has 1 aromatic rings. The molecule has 0 spiro atoms. The van der Waals surface area contributed by atoms with Gasteiger partial charge in [0.2, 0.25) is 0 Å². The van der Waals surface area contributed by atoms with E-state index in [1.165, 1.54) is 0 Å². The Labute approximate surface area is 112 Å². The van der Waals surface area contributed by atoms with E-state index in [1.807, 2.05) is 30.3 Å². The van der Waals surface area contributed by atoms with Crippen LogP contribution in [0.15, 0.2) is 29.8 Å². The van der Waals surface area contributed by atoms with Crippen molar-refractivity contribution in [2.45, 2.75) is 31.3 Å². The molecule has 2 saturated heterocycles. The van der Waals surface area contributed by atoms with E-state index in [0.717, 1.165) is 24.0 Å². The molecule has 94 valence electrons. The second-order valence-electron chi connectivity index (χ2n) is 5.19. The van der Waals surface area contributed by atoms with E-state index in [2.05, 4.69) is 11.9 Å². The Morgan fingerprint density at radius 2 is 2.22 bits per heavy atom. The fourth-order valence-electron chi connectivity index (χ4n) is 3.10. The largest absolute Gasteiger partial charge is 0.296 e. The Balaban J connectivity index is 1.97. The van der Waals surface area contributed by atoms with E-state index >= 15 is 0 Å². The minimum atomic E-state index is 0.301. The molecule has 2 heterocycles. The molecule has 2 aliphatic rings. The topological polar surface area (TPSA) is 20.3 Å². The molecule has 2 aliphatic heterocycles. The maximum atomic E-state index is 12.2. The normalized spacial score (nSPS) is 30.1. The first kappa shape index (κ1) is 11.9. The van der Waals surface area contributed by atoms with Gasteiger partial charge in [-0.2, -0.15) is 0 Å². The molecule has 0 aliphatic carbocycles. The molecule has 0 aromatic heterocycles. The van der Waals surface area contributed by atoms with Gasteiger partial charge in [0.1, 0.15) is 0 Å². The molecule has 2 fully saturated rings. The number of nitrogens with zero attached hydrogens (tertiary/aromatic N) is 1. The number of carbonyl (C=O) groups excluding carboxylic acids is 1. The van der Waals surface area contributed by atoms with Crippen molar-refractivity contribution in [3.8, 4) is 0 Å². The fourth-order valence-corrected chi connectivity index (χ4v) is 3.30. The van der Waals surface area contributed by atoms with E-state index < -0.39 is 0 Å². The highest BCUT2D eigenvalue weighted by atomic mass is 35.5. The zero-order valence-electron chi connectivity index (χ0n) is 10.4. The number of hydrogen-bond acceptors (Lipinski definition) is 2. The summed E-state index contributed by atoms with van der Waals surface area (Å²) < 4.78 is 0. The number of carbonyl (C=O) groups is 1. The standard InChI is InChI=1S/C15H16ClNO/c1-17-12-5-6-14(17)13(15(18)9-12)8-10-3-2-4-11(16)7-10/h2-4,7-8,12,14H,5-6,9H2,1H3/b13-8-/t12-,14-/m0/s1. The number of fused-ring (bicyclic) bond motifs is 2. The predicted octanol–water partition coefficient (Wildman–Crippen LogP) is 3.16. The zero-order chi connectivity index (χ0) is 12.7. The monoisotopic (exact) mass is 261 g/mol. The molecule has 0 unspecified atom stereocenters. The summed E-state index contributed by atoms with van der Waals surface area (Å²) in [7, 11) is 2.13. The lowest BCUT2D eigenvalue weighted by molar-refractivity contribution is -0.118. The minimum Gasteiger partial charge on any atom is -0.296 e. The average molecular weight is 262 g/mol. The molecule has 2 bridgehead atoms. The molecule has 0 N–H and O–H groups in total. The van der Waals surface area contributed by atoms with Crippen molar-refractivity contribution >= 4 is 23.5 Å². The van der Waals surface area contributed by atoms with Crippen molar-refractivity contribution in [3.63, 3.8) is 0 Å². The van der Waals surface area contributed by atoms with E-state index in [0.29, 0.717) is 29.3 Å². The average Bonchev–Trinajstić information content (AvgIpc) is 2.58. The van der Waals surface area contributed by atoms with Gasteiger partial charge in [-0.25, -0.2) is 0 Å². The Bertz CT molecular complexity index is 523. The highest BCUT2D eigenvalue weighted by molar-refractivity contribution is 6.30. The Morgan fingerprint density at radius 1 is 1.39 bits per heavy atom. The number of benzene rings is 1. The van der Waals surface area contributed by atoms with Crippen LogP contribution in [0.3, 0.4) is 0 Å². The van der Waals surface area contributed by atoms with Gasteiger partial charge in [-0.3, -0.25) is 9.69 Å². The van der Waals surface area contributed by atoms with Crippen molar-refractivity contribution < 1.29 is 4.79 Å². The van der Waals surface area contributed by atoms with Crippen LogP contribution in [0.4, 0.5) is 0 Å². The van der Waals surface area contributed by atoms with E-state index in [-0.39, 0.29) is 0 Å². The number of piperidine rings is 1. The molecular weight excluding hydrogens is 246 g/mol. The van der Waals surface area contributed by atoms with Crippen LogP contribution in [0.5, 0.6) is 0 Å². The SMILES string of the molecule is CN1[C@H]2CC[C@H]1/C(=C/c1cccc(Cl)c1)C(=O)C2. The lowest BCUT2D eigenvalue weighted by Crippen LogP contribution is -2.41. The molecule has 2 atom stereocenters. The number of ketones is 1. The molecular formula is C15H16ClNO. The van der Waals surface area contributed by atoms with Gasteiger partial charge in [0.15, 0.2) is 5.78 Å². The van der Waals surface area contributed by atoms with Gasteiger partial charge in [-0.1, -0.05) is 23.7 Å². The van der Waals surface area contributed by atoms with Crippen LogP contribution in [-0.2, 0) is 4.79 Å². The number of rotatable bonds is 1. The van der Waals surface area contributed by atoms with Crippen LogP contribution < -0.4 is 0 Å². The maximum absolute atomic E-state index is 12.2. The van der Waals surface area contributed by atoms with Crippen molar-refractivity contribution in [3.05, 3.63) is 40.4 Å². The first-order valence-electron chi connectivity index (χ1n) is 6.37. The second-order valence-corrected chi connectivity index (χ2v) is 5.63. The highest BCUT2D eigenvalue weighted by Crippen LogP contribution is 2.36. The molecule has 1 aromatic carbocycles. The number of Topliss-reactive ketones (excluding diaryl/α,β-unsaturated/α-hetero) is 1. The smallest absolute Gasteiger partial charge is 0.162 e. The van der Waals surface area contributed by atoms with Gasteiger partial charge in [0, 0.05) is 29.1 Å². The third-order valence-corrected chi connectivity index (χ3v) is 4.35. The molecule has 2 nitrogen and oxygen atoms in total. The second kappa shape index (κ2) is 4.52. The van der Waals surface area contributed by atoms with Crippen molar-refractivity contribution in [1.82, 2.24) is 4.90 Å². The lowest BCUT2D eigenvalue weighted by Gasteiger charge is -2.32. The highest BCUT2D eigenvalue weighted by Gasteiger charge is 2.41. The van der Waals surface area contributed by atoms with Crippen LogP contribution in [0, 0.1) is 0 Å². The van der Waals surface area contributed by atoms with Gasteiger partial charge in [-0.05, 0) is 43.7 Å². The number of hydrogen-bond donors (Lipinski definition) is 0. The Morgan fingerprint density at radius 3 is 3.00 bits per heavy atom. The quantitative estimate of drug-likeness (QED) is 0.724. The summed E-state index contributed by atoms with van der Waals surface area (Å²) in [6.07, 6.45) is 4.91. The number of likely N-dealkylation sites (N-methyl/N-ethyl adjacent to an activating group) is 1. The first-order chi connectivity index (χ1) is 8.65. The van der Waals surface area contributed by atoms with Crippen molar-refractivity contribution in [1.29, 1.82) is 0 Å². The van der Waals surface area contributed by atoms with Gasteiger partial charge < -0.3 is 0 Å². The van der Waals surface area contributed by atoms with Crippen molar-refractivity contribution in [2.75, 3.05) is 7.05 Å². The summed E-state index contributed by atoms with van der Waals surface area (Å²) in [4.78, 5) is 14.5. The summed E-state index contributed by atoms with van der Waals surface area (Å²) >= 11 is 5.98. The molecule has 3 rings (SSSR count). The summed E-state index contributed by atoms with van der Waals surface area (Å²) in [6, 6.07) is 8.43. The minimum absolute atomic E-state index is 0.301. The van der Waals surface area contributed by atoms with Crippen LogP contribution in [0.2, 0.25) is 5.02 Å². The van der Waals surface area contributed by atoms with Crippen LogP contribution in [0.25, 0.3) is 6.08 Å². The van der Waals surface area contributed by atoms with Gasteiger partial charge in [0.05, 0.1) is 0 Å². The molecule has 0 saturated carbocycles. The summed E-state index contributed by atoms with van der Waals surface area (Å²) in [5.74, 6) is 0.306. The maximum Gasteiger partial charge on any atom is 0.162 e. The Hall–Kier alpha value is -1.12. The van der Waals surface area contributed by atoms with Gasteiger partial charge >= 0.3 is 0 Å². The van der Waals surface area contributed by atoms with Crippen LogP contribution in [0.1, 0.15) is 24.8 Å². The molecule has 0 radical (unpaired) electrons. The summed E-state index contributed by atoms with van der Waals surface area (Å²) in [5.41, 5.74) is 1.97. The van der Waals surface area contributed by atoms with Crippen LogP contribution in [-0.4, -0.2) is 29.8 Å².